The Morgan fingerprint density at radius 2 is 1.66 bits per heavy atom. The van der Waals surface area contributed by atoms with Crippen molar-refractivity contribution in [2.45, 2.75) is 31.8 Å². The van der Waals surface area contributed by atoms with Gasteiger partial charge in [0.15, 0.2) is 0 Å². The first kappa shape index (κ1) is 21.8. The lowest BCUT2D eigenvalue weighted by molar-refractivity contribution is -0.142. The lowest BCUT2D eigenvalue weighted by atomic mass is 10.0. The molecule has 0 saturated heterocycles. The minimum atomic E-state index is -1.21. The quantitative estimate of drug-likeness (QED) is 0.605. The van der Waals surface area contributed by atoms with Crippen LogP contribution in [0.25, 0.3) is 6.08 Å². The van der Waals surface area contributed by atoms with E-state index in [2.05, 4.69) is 10.6 Å². The summed E-state index contributed by atoms with van der Waals surface area (Å²) in [6, 6.07) is 13.0. The molecule has 0 bridgehead atoms. The van der Waals surface area contributed by atoms with Gasteiger partial charge < -0.3 is 15.7 Å². The summed E-state index contributed by atoms with van der Waals surface area (Å²) < 4.78 is 13.9. The van der Waals surface area contributed by atoms with Crippen LogP contribution in [0.3, 0.4) is 0 Å². The summed E-state index contributed by atoms with van der Waals surface area (Å²) in [6.07, 6.45) is 3.37. The molecule has 0 aliphatic rings. The van der Waals surface area contributed by atoms with Crippen LogP contribution in [-0.2, 0) is 20.8 Å². The second-order valence-corrected chi connectivity index (χ2v) is 6.50. The highest BCUT2D eigenvalue weighted by atomic mass is 19.1. The number of rotatable bonds is 9. The second kappa shape index (κ2) is 10.8. The van der Waals surface area contributed by atoms with Crippen molar-refractivity contribution in [2.24, 2.45) is 0 Å². The fraction of sp³-hybridized carbons (Fsp3) is 0.227. The third-order valence-corrected chi connectivity index (χ3v) is 4.17. The number of hydrogen-bond donors (Lipinski definition) is 3. The van der Waals surface area contributed by atoms with Crippen LogP contribution in [0.2, 0.25) is 0 Å². The second-order valence-electron chi connectivity index (χ2n) is 6.50. The first-order chi connectivity index (χ1) is 13.9. The Balaban J connectivity index is 2.07. The maximum Gasteiger partial charge on any atom is 0.326 e. The number of carbonyl (C=O) groups excluding carboxylic acids is 2. The maximum absolute atomic E-state index is 13.9. The van der Waals surface area contributed by atoms with E-state index in [-0.39, 0.29) is 18.4 Å². The highest BCUT2D eigenvalue weighted by Gasteiger charge is 2.26. The molecule has 0 heterocycles. The van der Waals surface area contributed by atoms with Gasteiger partial charge in [-0.3, -0.25) is 9.59 Å². The van der Waals surface area contributed by atoms with Gasteiger partial charge in [-0.15, -0.1) is 0 Å². The summed E-state index contributed by atoms with van der Waals surface area (Å²) >= 11 is 0. The number of carboxylic acids is 1. The van der Waals surface area contributed by atoms with Crippen molar-refractivity contribution in [3.63, 3.8) is 0 Å². The topological polar surface area (TPSA) is 95.5 Å². The zero-order valence-corrected chi connectivity index (χ0v) is 16.0. The van der Waals surface area contributed by atoms with Crippen LogP contribution in [0.4, 0.5) is 4.39 Å². The number of nitrogens with one attached hydrogen (secondary N) is 2. The van der Waals surface area contributed by atoms with Gasteiger partial charge in [-0.05, 0) is 23.6 Å². The van der Waals surface area contributed by atoms with Gasteiger partial charge >= 0.3 is 5.97 Å². The van der Waals surface area contributed by atoms with E-state index in [1.54, 1.807) is 18.2 Å². The molecule has 2 aromatic carbocycles. The molecule has 2 rings (SSSR count). The Hall–Kier alpha value is -3.48. The standard InChI is InChI=1S/C22H23FN2O4/c1-15(26)24-20(14-17-11-5-6-12-18(17)23)21(27)25-19(22(28)29)13-7-10-16-8-3-2-4-9-16/h2-12,19-20H,13-14H2,1H3,(H,24,26)(H,25,27)(H,28,29)/b10-7+/t19-,20+/m0/s1. The summed E-state index contributed by atoms with van der Waals surface area (Å²) in [7, 11) is 0. The third-order valence-electron chi connectivity index (χ3n) is 4.17. The molecule has 2 amide bonds. The van der Waals surface area contributed by atoms with Crippen molar-refractivity contribution in [2.75, 3.05) is 0 Å². The monoisotopic (exact) mass is 398 g/mol. The minimum Gasteiger partial charge on any atom is -0.480 e. The van der Waals surface area contributed by atoms with Gasteiger partial charge in [-0.1, -0.05) is 60.7 Å². The largest absolute Gasteiger partial charge is 0.480 e. The van der Waals surface area contributed by atoms with Gasteiger partial charge in [0, 0.05) is 13.3 Å². The fourth-order valence-corrected chi connectivity index (χ4v) is 2.74. The molecule has 0 aliphatic heterocycles. The lowest BCUT2D eigenvalue weighted by Gasteiger charge is -2.20. The summed E-state index contributed by atoms with van der Waals surface area (Å²) in [4.78, 5) is 35.6. The maximum atomic E-state index is 13.9. The first-order valence-corrected chi connectivity index (χ1v) is 9.12. The molecule has 6 nitrogen and oxygen atoms in total. The lowest BCUT2D eigenvalue weighted by Crippen LogP contribution is -2.52. The molecule has 0 unspecified atom stereocenters. The van der Waals surface area contributed by atoms with Gasteiger partial charge in [-0.25, -0.2) is 9.18 Å². The number of amides is 2. The van der Waals surface area contributed by atoms with E-state index in [1.165, 1.54) is 25.1 Å². The van der Waals surface area contributed by atoms with Gasteiger partial charge in [0.1, 0.15) is 17.9 Å². The van der Waals surface area contributed by atoms with Crippen molar-refractivity contribution in [3.05, 3.63) is 77.6 Å². The number of halogens is 1. The zero-order valence-electron chi connectivity index (χ0n) is 16.0. The van der Waals surface area contributed by atoms with Crippen LogP contribution in [0.5, 0.6) is 0 Å². The molecule has 2 atom stereocenters. The van der Waals surface area contributed by atoms with E-state index in [4.69, 9.17) is 0 Å². The molecule has 3 N–H and O–H groups in total. The van der Waals surface area contributed by atoms with Crippen molar-refractivity contribution >= 4 is 23.9 Å². The van der Waals surface area contributed by atoms with Gasteiger partial charge in [0.05, 0.1) is 0 Å². The number of hydrogen-bond acceptors (Lipinski definition) is 3. The molecule has 29 heavy (non-hydrogen) atoms. The molecule has 0 aliphatic carbocycles. The van der Waals surface area contributed by atoms with Crippen molar-refractivity contribution in [3.8, 4) is 0 Å². The highest BCUT2D eigenvalue weighted by Crippen LogP contribution is 2.10. The van der Waals surface area contributed by atoms with Crippen LogP contribution in [0, 0.1) is 5.82 Å². The predicted molar refractivity (Wildman–Crippen MR) is 107 cm³/mol. The van der Waals surface area contributed by atoms with E-state index in [0.29, 0.717) is 0 Å². The summed E-state index contributed by atoms with van der Waals surface area (Å²) in [5, 5.41) is 14.3. The molecule has 0 aromatic heterocycles. The van der Waals surface area contributed by atoms with Gasteiger partial charge in [0.2, 0.25) is 11.8 Å². The first-order valence-electron chi connectivity index (χ1n) is 9.12. The third kappa shape index (κ3) is 7.21. The summed E-state index contributed by atoms with van der Waals surface area (Å²) in [5.41, 5.74) is 1.15. The number of benzene rings is 2. The Morgan fingerprint density at radius 1 is 1.00 bits per heavy atom. The van der Waals surface area contributed by atoms with Crippen LogP contribution < -0.4 is 10.6 Å². The van der Waals surface area contributed by atoms with Gasteiger partial charge in [-0.2, -0.15) is 0 Å². The van der Waals surface area contributed by atoms with E-state index >= 15 is 0 Å². The highest BCUT2D eigenvalue weighted by molar-refractivity contribution is 5.90. The number of aliphatic carboxylic acids is 1. The molecule has 0 radical (unpaired) electrons. The summed E-state index contributed by atoms with van der Waals surface area (Å²) in [6.45, 7) is 1.24. The smallest absolute Gasteiger partial charge is 0.326 e. The number of carboxylic acid groups (broad SMARTS) is 1. The molecular weight excluding hydrogens is 375 g/mol. The van der Waals surface area contributed by atoms with Crippen molar-refractivity contribution in [1.29, 1.82) is 0 Å². The summed E-state index contributed by atoms with van der Waals surface area (Å²) in [5.74, 6) is -2.87. The zero-order chi connectivity index (χ0) is 21.2. The van der Waals surface area contributed by atoms with E-state index in [1.807, 2.05) is 30.3 Å². The van der Waals surface area contributed by atoms with Crippen molar-refractivity contribution in [1.82, 2.24) is 10.6 Å². The molecular formula is C22H23FN2O4. The molecule has 0 spiro atoms. The minimum absolute atomic E-state index is 0.0580. The average molecular weight is 398 g/mol. The molecule has 0 fully saturated rings. The van der Waals surface area contributed by atoms with Crippen LogP contribution in [0.15, 0.2) is 60.7 Å². The molecule has 2 aromatic rings. The van der Waals surface area contributed by atoms with E-state index < -0.39 is 35.7 Å². The fourth-order valence-electron chi connectivity index (χ4n) is 2.74. The van der Waals surface area contributed by atoms with Gasteiger partial charge in [0.25, 0.3) is 0 Å². The Bertz CT molecular complexity index is 883. The average Bonchev–Trinajstić information content (AvgIpc) is 2.68. The van der Waals surface area contributed by atoms with E-state index in [9.17, 15) is 23.9 Å². The van der Waals surface area contributed by atoms with Crippen LogP contribution in [0.1, 0.15) is 24.5 Å². The van der Waals surface area contributed by atoms with E-state index in [0.717, 1.165) is 5.56 Å². The Morgan fingerprint density at radius 3 is 2.28 bits per heavy atom. The number of carbonyl (C=O) groups is 3. The predicted octanol–water partition coefficient (Wildman–Crippen LogP) is 2.55. The van der Waals surface area contributed by atoms with Crippen molar-refractivity contribution < 1.29 is 23.9 Å². The van der Waals surface area contributed by atoms with Crippen LogP contribution in [-0.4, -0.2) is 35.0 Å². The normalized spacial score (nSPS) is 12.9. The SMILES string of the molecule is CC(=O)N[C@H](Cc1ccccc1F)C(=O)N[C@@H](C/C=C/c1ccccc1)C(=O)O. The molecule has 7 heteroatoms. The van der Waals surface area contributed by atoms with Crippen LogP contribution >= 0.6 is 0 Å². The molecule has 152 valence electrons. The molecule has 0 saturated carbocycles. The Labute approximate surface area is 168 Å². The Kier molecular flexibility index (Phi) is 8.09.